The van der Waals surface area contributed by atoms with Crippen molar-refractivity contribution in [1.82, 2.24) is 10.1 Å². The first-order valence-electron chi connectivity index (χ1n) is 6.74. The summed E-state index contributed by atoms with van der Waals surface area (Å²) < 4.78 is 10.2. The zero-order chi connectivity index (χ0) is 13.8. The van der Waals surface area contributed by atoms with Gasteiger partial charge in [0.1, 0.15) is 0 Å². The van der Waals surface area contributed by atoms with Crippen molar-refractivity contribution in [2.75, 3.05) is 6.61 Å². The van der Waals surface area contributed by atoms with E-state index in [0.717, 1.165) is 5.82 Å². The highest BCUT2D eigenvalue weighted by Gasteiger charge is 2.30. The summed E-state index contributed by atoms with van der Waals surface area (Å²) in [6.45, 7) is 6.28. The molecule has 0 aromatic carbocycles. The molecule has 1 fully saturated rings. The summed E-state index contributed by atoms with van der Waals surface area (Å²) in [5.41, 5.74) is 0. The molecule has 2 rings (SSSR count). The molecule has 0 saturated heterocycles. The van der Waals surface area contributed by atoms with E-state index < -0.39 is 0 Å². The lowest BCUT2D eigenvalue weighted by molar-refractivity contribution is -0.142. The van der Waals surface area contributed by atoms with Crippen molar-refractivity contribution in [3.8, 4) is 0 Å². The third-order valence-corrected chi connectivity index (χ3v) is 4.18. The molecule has 1 heterocycles. The average molecular weight is 284 g/mol. The lowest BCUT2D eigenvalue weighted by atomic mass is 10.3. The number of nitrogens with zero attached hydrogens (tertiary/aromatic N) is 2. The summed E-state index contributed by atoms with van der Waals surface area (Å²) in [5, 5.41) is 4.28. The molecule has 0 bridgehead atoms. The van der Waals surface area contributed by atoms with E-state index in [1.54, 1.807) is 11.8 Å². The van der Waals surface area contributed by atoms with Gasteiger partial charge in [-0.1, -0.05) is 12.1 Å². The van der Waals surface area contributed by atoms with Crippen LogP contribution < -0.4 is 0 Å². The van der Waals surface area contributed by atoms with Crippen LogP contribution in [0.1, 0.15) is 62.9 Å². The number of hydrogen-bond acceptors (Lipinski definition) is 6. The third-order valence-electron chi connectivity index (χ3n) is 2.94. The van der Waals surface area contributed by atoms with Crippen molar-refractivity contribution in [1.29, 1.82) is 0 Å². The minimum Gasteiger partial charge on any atom is -0.466 e. The number of aromatic nitrogens is 2. The van der Waals surface area contributed by atoms with E-state index in [4.69, 9.17) is 9.26 Å². The number of thioether (sulfide) groups is 1. The Morgan fingerprint density at radius 3 is 2.89 bits per heavy atom. The van der Waals surface area contributed by atoms with Crippen molar-refractivity contribution in [3.05, 3.63) is 11.7 Å². The predicted molar refractivity (Wildman–Crippen MR) is 73.0 cm³/mol. The molecule has 2 unspecified atom stereocenters. The van der Waals surface area contributed by atoms with E-state index in [-0.39, 0.29) is 16.5 Å². The third kappa shape index (κ3) is 4.23. The molecule has 6 heteroatoms. The van der Waals surface area contributed by atoms with Gasteiger partial charge in [-0.15, -0.1) is 11.8 Å². The molecule has 1 aliphatic carbocycles. The summed E-state index contributed by atoms with van der Waals surface area (Å²) in [4.78, 5) is 15.8. The number of esters is 1. The predicted octanol–water partition coefficient (Wildman–Crippen LogP) is 3.08. The van der Waals surface area contributed by atoms with E-state index in [1.165, 1.54) is 12.8 Å². The largest absolute Gasteiger partial charge is 0.466 e. The van der Waals surface area contributed by atoms with Crippen LogP contribution in [-0.4, -0.2) is 28.0 Å². The highest BCUT2D eigenvalue weighted by atomic mass is 32.2. The Morgan fingerprint density at radius 1 is 1.53 bits per heavy atom. The molecule has 0 N–H and O–H groups in total. The molecule has 1 aliphatic rings. The Balaban J connectivity index is 1.81. The number of hydrogen-bond donors (Lipinski definition) is 0. The van der Waals surface area contributed by atoms with Crippen molar-refractivity contribution in [2.24, 2.45) is 0 Å². The highest BCUT2D eigenvalue weighted by Crippen LogP contribution is 2.39. The monoisotopic (exact) mass is 284 g/mol. The Bertz CT molecular complexity index is 431. The Morgan fingerprint density at radius 2 is 2.26 bits per heavy atom. The molecule has 19 heavy (non-hydrogen) atoms. The molecular weight excluding hydrogens is 264 g/mol. The molecule has 0 spiro atoms. The summed E-state index contributed by atoms with van der Waals surface area (Å²) in [6.07, 6.45) is 2.74. The van der Waals surface area contributed by atoms with E-state index in [0.29, 0.717) is 24.8 Å². The Labute approximate surface area is 117 Å². The molecular formula is C13H20N2O3S. The fraction of sp³-hybridized carbons (Fsp3) is 0.769. The summed E-state index contributed by atoms with van der Waals surface area (Å²) >= 11 is 1.66. The van der Waals surface area contributed by atoms with Gasteiger partial charge in [0, 0.05) is 11.2 Å². The van der Waals surface area contributed by atoms with E-state index in [1.807, 2.05) is 20.8 Å². The Kier molecular flexibility index (Phi) is 4.85. The van der Waals surface area contributed by atoms with Crippen molar-refractivity contribution in [2.45, 2.75) is 56.5 Å². The van der Waals surface area contributed by atoms with Crippen molar-refractivity contribution in [3.63, 3.8) is 0 Å². The summed E-state index contributed by atoms with van der Waals surface area (Å²) in [6, 6.07) is 0. The first kappa shape index (κ1) is 14.4. The second kappa shape index (κ2) is 6.41. The number of rotatable bonds is 7. The molecule has 0 amide bonds. The molecule has 1 saturated carbocycles. The fourth-order valence-corrected chi connectivity index (χ4v) is 2.97. The topological polar surface area (TPSA) is 65.2 Å². The van der Waals surface area contributed by atoms with Crippen molar-refractivity contribution >= 4 is 17.7 Å². The molecule has 1 aromatic rings. The van der Waals surface area contributed by atoms with Crippen LogP contribution in [0.3, 0.4) is 0 Å². The lowest BCUT2D eigenvalue weighted by Gasteiger charge is -2.13. The average Bonchev–Trinajstić information content (AvgIpc) is 3.06. The van der Waals surface area contributed by atoms with Crippen LogP contribution in [-0.2, 0) is 9.53 Å². The van der Waals surface area contributed by atoms with Crippen LogP contribution in [0.15, 0.2) is 4.52 Å². The van der Waals surface area contributed by atoms with Gasteiger partial charge in [-0.25, -0.2) is 0 Å². The second-order valence-electron chi connectivity index (χ2n) is 4.86. The first-order valence-corrected chi connectivity index (χ1v) is 7.69. The smallest absolute Gasteiger partial charge is 0.306 e. The zero-order valence-corrected chi connectivity index (χ0v) is 12.4. The zero-order valence-electron chi connectivity index (χ0n) is 11.6. The van der Waals surface area contributed by atoms with E-state index in [2.05, 4.69) is 10.1 Å². The second-order valence-corrected chi connectivity index (χ2v) is 6.65. The van der Waals surface area contributed by atoms with Crippen LogP contribution >= 0.6 is 11.8 Å². The van der Waals surface area contributed by atoms with Gasteiger partial charge in [0.15, 0.2) is 5.82 Å². The van der Waals surface area contributed by atoms with Gasteiger partial charge in [0.2, 0.25) is 5.89 Å². The number of carbonyl (C=O) groups excluding carboxylic acids is 1. The molecule has 0 aliphatic heterocycles. The van der Waals surface area contributed by atoms with E-state index in [9.17, 15) is 4.79 Å². The first-order chi connectivity index (χ1) is 9.10. The molecule has 106 valence electrons. The van der Waals surface area contributed by atoms with Gasteiger partial charge in [-0.2, -0.15) is 4.98 Å². The fourth-order valence-electron chi connectivity index (χ4n) is 1.83. The van der Waals surface area contributed by atoms with Gasteiger partial charge < -0.3 is 9.26 Å². The van der Waals surface area contributed by atoms with Gasteiger partial charge in [-0.3, -0.25) is 4.79 Å². The summed E-state index contributed by atoms with van der Waals surface area (Å²) in [7, 11) is 0. The minimum absolute atomic E-state index is 0.101. The van der Waals surface area contributed by atoms with Gasteiger partial charge in [-0.05, 0) is 26.7 Å². The van der Waals surface area contributed by atoms with Crippen LogP contribution in [0.2, 0.25) is 0 Å². The quantitative estimate of drug-likeness (QED) is 0.717. The minimum atomic E-state index is -0.154. The molecule has 1 aromatic heterocycles. The van der Waals surface area contributed by atoms with E-state index >= 15 is 0 Å². The lowest BCUT2D eigenvalue weighted by Crippen LogP contribution is -2.11. The van der Waals surface area contributed by atoms with Crippen LogP contribution in [0.25, 0.3) is 0 Å². The maximum absolute atomic E-state index is 11.4. The van der Waals surface area contributed by atoms with Crippen LogP contribution in [0, 0.1) is 0 Å². The van der Waals surface area contributed by atoms with Crippen LogP contribution in [0.5, 0.6) is 0 Å². The standard InChI is InChI=1S/C13H20N2O3S/c1-4-17-11(16)7-8(2)19-9(3)13-14-12(15-18-13)10-5-6-10/h8-10H,4-7H2,1-3H3. The maximum Gasteiger partial charge on any atom is 0.306 e. The SMILES string of the molecule is CCOC(=O)CC(C)SC(C)c1nc(C2CC2)no1. The molecule has 5 nitrogen and oxygen atoms in total. The summed E-state index contributed by atoms with van der Waals surface area (Å²) in [5.74, 6) is 1.84. The Hall–Kier alpha value is -1.04. The maximum atomic E-state index is 11.4. The molecule has 2 atom stereocenters. The number of carbonyl (C=O) groups is 1. The van der Waals surface area contributed by atoms with Gasteiger partial charge in [0.05, 0.1) is 18.3 Å². The highest BCUT2D eigenvalue weighted by molar-refractivity contribution is 8.00. The number of ether oxygens (including phenoxy) is 1. The normalized spacial score (nSPS) is 18.1. The van der Waals surface area contributed by atoms with Gasteiger partial charge >= 0.3 is 5.97 Å². The molecule has 0 radical (unpaired) electrons. The van der Waals surface area contributed by atoms with Crippen LogP contribution in [0.4, 0.5) is 0 Å². The van der Waals surface area contributed by atoms with Gasteiger partial charge in [0.25, 0.3) is 0 Å². The van der Waals surface area contributed by atoms with Crippen molar-refractivity contribution < 1.29 is 14.1 Å².